The lowest BCUT2D eigenvalue weighted by Gasteiger charge is -2.21. The second-order valence-corrected chi connectivity index (χ2v) is 5.62. The average Bonchev–Trinajstić information content (AvgIpc) is 3.03. The molecule has 1 aliphatic rings. The van der Waals surface area contributed by atoms with E-state index in [1.165, 1.54) is 0 Å². The number of aliphatic hydroxyl groups is 1. The van der Waals surface area contributed by atoms with Crippen LogP contribution in [-0.2, 0) is 6.54 Å². The van der Waals surface area contributed by atoms with Crippen molar-refractivity contribution >= 4 is 0 Å². The summed E-state index contributed by atoms with van der Waals surface area (Å²) in [5, 5.41) is 14.0. The summed E-state index contributed by atoms with van der Waals surface area (Å²) in [6, 6.07) is 3.60. The molecule has 3 heterocycles. The van der Waals surface area contributed by atoms with Gasteiger partial charge in [-0.2, -0.15) is 4.98 Å². The van der Waals surface area contributed by atoms with Crippen molar-refractivity contribution in [1.82, 2.24) is 15.0 Å². The third-order valence-electron chi connectivity index (χ3n) is 3.72. The molecule has 1 aliphatic heterocycles. The second kappa shape index (κ2) is 5.38. The number of hydrogen-bond donors (Lipinski definition) is 1. The highest BCUT2D eigenvalue weighted by Gasteiger charge is 2.25. The Morgan fingerprint density at radius 3 is 3.10 bits per heavy atom. The molecule has 1 saturated heterocycles. The van der Waals surface area contributed by atoms with Crippen molar-refractivity contribution in [1.29, 1.82) is 0 Å². The molecule has 6 heteroatoms. The predicted molar refractivity (Wildman–Crippen MR) is 71.8 cm³/mol. The van der Waals surface area contributed by atoms with Crippen molar-refractivity contribution < 1.29 is 14.0 Å². The molecule has 6 nitrogen and oxygen atoms in total. The van der Waals surface area contributed by atoms with Gasteiger partial charge in [-0.3, -0.25) is 4.90 Å². The third kappa shape index (κ3) is 3.08. The normalized spacial score (nSPS) is 24.7. The van der Waals surface area contributed by atoms with Gasteiger partial charge in [-0.25, -0.2) is 0 Å². The van der Waals surface area contributed by atoms with Gasteiger partial charge in [0.2, 0.25) is 11.7 Å². The van der Waals surface area contributed by atoms with Crippen LogP contribution in [0.25, 0.3) is 11.6 Å². The molecule has 0 radical (unpaired) electrons. The molecule has 2 aromatic rings. The Kier molecular flexibility index (Phi) is 3.58. The SMILES string of the molecule is CC1(O)CCCN(Cc2nc(-c3ccco3)no2)CC1. The van der Waals surface area contributed by atoms with E-state index in [0.717, 1.165) is 32.4 Å². The average molecular weight is 277 g/mol. The quantitative estimate of drug-likeness (QED) is 0.925. The number of nitrogens with zero attached hydrogens (tertiary/aromatic N) is 3. The Hall–Kier alpha value is -1.66. The summed E-state index contributed by atoms with van der Waals surface area (Å²) < 4.78 is 10.5. The minimum absolute atomic E-state index is 0.479. The van der Waals surface area contributed by atoms with Gasteiger partial charge in [0.25, 0.3) is 0 Å². The lowest BCUT2D eigenvalue weighted by Crippen LogP contribution is -2.28. The van der Waals surface area contributed by atoms with Crippen LogP contribution >= 0.6 is 0 Å². The number of furan rings is 1. The van der Waals surface area contributed by atoms with Crippen molar-refractivity contribution in [2.45, 2.75) is 38.3 Å². The maximum absolute atomic E-state index is 10.1. The van der Waals surface area contributed by atoms with Gasteiger partial charge >= 0.3 is 0 Å². The highest BCUT2D eigenvalue weighted by molar-refractivity contribution is 5.44. The molecule has 0 saturated carbocycles. The molecule has 0 aromatic carbocycles. The van der Waals surface area contributed by atoms with Crippen LogP contribution in [0.3, 0.4) is 0 Å². The molecule has 20 heavy (non-hydrogen) atoms. The van der Waals surface area contributed by atoms with E-state index in [2.05, 4.69) is 15.0 Å². The molecule has 0 amide bonds. The largest absolute Gasteiger partial charge is 0.461 e. The fraction of sp³-hybridized carbons (Fsp3) is 0.571. The van der Waals surface area contributed by atoms with Gasteiger partial charge in [-0.15, -0.1) is 0 Å². The summed E-state index contributed by atoms with van der Waals surface area (Å²) in [6.45, 7) is 4.29. The Morgan fingerprint density at radius 2 is 2.30 bits per heavy atom. The Morgan fingerprint density at radius 1 is 1.40 bits per heavy atom. The van der Waals surface area contributed by atoms with Gasteiger partial charge in [0, 0.05) is 6.54 Å². The van der Waals surface area contributed by atoms with Gasteiger partial charge in [-0.05, 0) is 44.9 Å². The summed E-state index contributed by atoms with van der Waals surface area (Å²) in [6.07, 6.45) is 4.17. The molecule has 1 N–H and O–H groups in total. The zero-order valence-corrected chi connectivity index (χ0v) is 11.6. The molecule has 1 fully saturated rings. The zero-order chi connectivity index (χ0) is 14.0. The van der Waals surface area contributed by atoms with Crippen LogP contribution in [0.2, 0.25) is 0 Å². The smallest absolute Gasteiger partial charge is 0.241 e. The van der Waals surface area contributed by atoms with Crippen molar-refractivity contribution in [2.75, 3.05) is 13.1 Å². The third-order valence-corrected chi connectivity index (χ3v) is 3.72. The molecular formula is C14H19N3O3. The Bertz CT molecular complexity index is 548. The molecule has 108 valence electrons. The topological polar surface area (TPSA) is 75.5 Å². The monoisotopic (exact) mass is 277 g/mol. The Labute approximate surface area is 117 Å². The molecule has 1 atom stereocenters. The first kappa shape index (κ1) is 13.3. The number of likely N-dealkylation sites (tertiary alicyclic amines) is 1. The minimum atomic E-state index is -0.553. The first-order valence-electron chi connectivity index (χ1n) is 6.94. The summed E-state index contributed by atoms with van der Waals surface area (Å²) in [5.74, 6) is 1.67. The lowest BCUT2D eigenvalue weighted by molar-refractivity contribution is 0.0440. The van der Waals surface area contributed by atoms with Crippen LogP contribution < -0.4 is 0 Å². The van der Waals surface area contributed by atoms with Gasteiger partial charge in [0.15, 0.2) is 5.76 Å². The molecule has 0 spiro atoms. The minimum Gasteiger partial charge on any atom is -0.461 e. The van der Waals surface area contributed by atoms with Gasteiger partial charge in [0.05, 0.1) is 18.4 Å². The van der Waals surface area contributed by atoms with E-state index in [9.17, 15) is 5.11 Å². The van der Waals surface area contributed by atoms with Crippen LogP contribution in [0, 0.1) is 0 Å². The summed E-state index contributed by atoms with van der Waals surface area (Å²) in [5.41, 5.74) is -0.553. The molecule has 3 rings (SSSR count). The maximum atomic E-state index is 10.1. The van der Waals surface area contributed by atoms with Crippen molar-refractivity contribution in [3.05, 3.63) is 24.3 Å². The zero-order valence-electron chi connectivity index (χ0n) is 11.6. The number of aromatic nitrogens is 2. The van der Waals surface area contributed by atoms with E-state index in [4.69, 9.17) is 8.94 Å². The predicted octanol–water partition coefficient (Wildman–Crippen LogP) is 2.07. The fourth-order valence-corrected chi connectivity index (χ4v) is 2.49. The molecule has 1 unspecified atom stereocenters. The second-order valence-electron chi connectivity index (χ2n) is 5.62. The highest BCUT2D eigenvalue weighted by atomic mass is 16.5. The van der Waals surface area contributed by atoms with E-state index in [0.29, 0.717) is 24.0 Å². The number of rotatable bonds is 3. The summed E-state index contributed by atoms with van der Waals surface area (Å²) in [4.78, 5) is 6.58. The summed E-state index contributed by atoms with van der Waals surface area (Å²) >= 11 is 0. The van der Waals surface area contributed by atoms with Gasteiger partial charge in [0.1, 0.15) is 0 Å². The van der Waals surface area contributed by atoms with Crippen molar-refractivity contribution in [2.24, 2.45) is 0 Å². The van der Waals surface area contributed by atoms with Gasteiger partial charge in [-0.1, -0.05) is 5.16 Å². The fourth-order valence-electron chi connectivity index (χ4n) is 2.49. The van der Waals surface area contributed by atoms with Gasteiger partial charge < -0.3 is 14.0 Å². The van der Waals surface area contributed by atoms with E-state index in [1.807, 2.05) is 6.92 Å². The first-order chi connectivity index (χ1) is 9.62. The lowest BCUT2D eigenvalue weighted by atomic mass is 9.98. The first-order valence-corrected chi connectivity index (χ1v) is 6.94. The van der Waals surface area contributed by atoms with Crippen LogP contribution in [0.5, 0.6) is 0 Å². The van der Waals surface area contributed by atoms with E-state index in [-0.39, 0.29) is 0 Å². The molecule has 2 aromatic heterocycles. The standard InChI is InChI=1S/C14H19N3O3/c1-14(18)5-3-7-17(8-6-14)10-12-15-13(16-20-12)11-4-2-9-19-11/h2,4,9,18H,3,5-8,10H2,1H3. The summed E-state index contributed by atoms with van der Waals surface area (Å²) in [7, 11) is 0. The molecular weight excluding hydrogens is 258 g/mol. The molecule has 0 aliphatic carbocycles. The van der Waals surface area contributed by atoms with Crippen LogP contribution in [0.15, 0.2) is 27.3 Å². The van der Waals surface area contributed by atoms with Crippen LogP contribution in [-0.4, -0.2) is 38.8 Å². The van der Waals surface area contributed by atoms with Crippen LogP contribution in [0.4, 0.5) is 0 Å². The molecule has 0 bridgehead atoms. The maximum Gasteiger partial charge on any atom is 0.241 e. The Balaban J connectivity index is 1.63. The van der Waals surface area contributed by atoms with Crippen LogP contribution in [0.1, 0.15) is 32.1 Å². The van der Waals surface area contributed by atoms with Crippen molar-refractivity contribution in [3.8, 4) is 11.6 Å². The van der Waals surface area contributed by atoms with E-state index in [1.54, 1.807) is 18.4 Å². The number of hydrogen-bond acceptors (Lipinski definition) is 6. The van der Waals surface area contributed by atoms with E-state index >= 15 is 0 Å². The van der Waals surface area contributed by atoms with Crippen molar-refractivity contribution in [3.63, 3.8) is 0 Å². The highest BCUT2D eigenvalue weighted by Crippen LogP contribution is 2.22. The van der Waals surface area contributed by atoms with E-state index < -0.39 is 5.60 Å².